The monoisotopic (exact) mass is 341 g/mol. The van der Waals surface area contributed by atoms with E-state index < -0.39 is 0 Å². The predicted molar refractivity (Wildman–Crippen MR) is 110 cm³/mol. The van der Waals surface area contributed by atoms with Gasteiger partial charge in [-0.25, -0.2) is 0 Å². The van der Waals surface area contributed by atoms with Gasteiger partial charge in [-0.1, -0.05) is 70.1 Å². The number of phenolic OH excluding ortho intramolecular Hbond substituents is 1. The molecule has 2 aromatic rings. The standard InChI is InChI=1S/C18H23NO2.C2H6.CH3B/c1-14(12-19(2)3)13-21-17-11-7-10-16(18(17)20)15-8-5-4-6-9-15;2*1-2/h4-11,14,20H,12-13H2,1-3H3;1-2H3;1H3/t14-;;/m1../s1. The van der Waals surface area contributed by atoms with E-state index in [0.717, 1.165) is 17.7 Å². The number of nitrogens with zero attached hydrogens (tertiary/aromatic N) is 1. The Balaban J connectivity index is 0.00000134. The summed E-state index contributed by atoms with van der Waals surface area (Å²) in [6, 6.07) is 15.5. The van der Waals surface area contributed by atoms with Crippen LogP contribution < -0.4 is 4.74 Å². The van der Waals surface area contributed by atoms with Crippen LogP contribution in [0, 0.1) is 5.92 Å². The summed E-state index contributed by atoms with van der Waals surface area (Å²) in [6.45, 7) is 9.18. The van der Waals surface area contributed by atoms with Crippen molar-refractivity contribution in [3.63, 3.8) is 0 Å². The average molecular weight is 341 g/mol. The molecule has 0 spiro atoms. The van der Waals surface area contributed by atoms with E-state index in [1.165, 1.54) is 6.82 Å². The van der Waals surface area contributed by atoms with Crippen molar-refractivity contribution in [2.75, 3.05) is 27.2 Å². The molecule has 1 N–H and O–H groups in total. The maximum absolute atomic E-state index is 10.4. The molecule has 2 radical (unpaired) electrons. The number of phenols is 1. The second-order valence-electron chi connectivity index (χ2n) is 5.70. The Morgan fingerprint density at radius 1 is 1.00 bits per heavy atom. The molecule has 2 rings (SSSR count). The Morgan fingerprint density at radius 2 is 1.60 bits per heavy atom. The summed E-state index contributed by atoms with van der Waals surface area (Å²) in [5.41, 5.74) is 1.79. The van der Waals surface area contributed by atoms with Gasteiger partial charge in [-0.2, -0.15) is 0 Å². The number of rotatable bonds is 6. The second kappa shape index (κ2) is 13.4. The van der Waals surface area contributed by atoms with Crippen molar-refractivity contribution in [2.24, 2.45) is 5.92 Å². The number of hydrogen-bond acceptors (Lipinski definition) is 3. The van der Waals surface area contributed by atoms with Gasteiger partial charge in [0.15, 0.2) is 11.5 Å². The summed E-state index contributed by atoms with van der Waals surface area (Å²) in [6.07, 6.45) is 0. The molecule has 0 aliphatic carbocycles. The van der Waals surface area contributed by atoms with Gasteiger partial charge in [0.25, 0.3) is 0 Å². The van der Waals surface area contributed by atoms with Crippen LogP contribution in [0.1, 0.15) is 20.8 Å². The van der Waals surface area contributed by atoms with Crippen LogP contribution >= 0.6 is 0 Å². The zero-order valence-electron chi connectivity index (χ0n) is 16.5. The fraction of sp³-hybridized carbons (Fsp3) is 0.429. The van der Waals surface area contributed by atoms with Crippen LogP contribution in [0.15, 0.2) is 48.5 Å². The predicted octanol–water partition coefficient (Wildman–Crippen LogP) is 4.86. The molecular formula is C21H32BNO2. The quantitative estimate of drug-likeness (QED) is 0.761. The topological polar surface area (TPSA) is 32.7 Å². The molecule has 0 unspecified atom stereocenters. The van der Waals surface area contributed by atoms with E-state index in [9.17, 15) is 5.11 Å². The highest BCUT2D eigenvalue weighted by molar-refractivity contribution is 6.05. The van der Waals surface area contributed by atoms with Crippen molar-refractivity contribution in [3.8, 4) is 22.6 Å². The van der Waals surface area contributed by atoms with Gasteiger partial charge in [-0.05, 0) is 25.7 Å². The van der Waals surface area contributed by atoms with Crippen LogP contribution in [0.25, 0.3) is 11.1 Å². The van der Waals surface area contributed by atoms with Crippen molar-refractivity contribution in [1.29, 1.82) is 0 Å². The third kappa shape index (κ3) is 8.13. The molecule has 3 nitrogen and oxygen atoms in total. The van der Waals surface area contributed by atoms with Gasteiger partial charge in [-0.3, -0.25) is 0 Å². The minimum Gasteiger partial charge on any atom is -0.504 e. The summed E-state index contributed by atoms with van der Waals surface area (Å²) >= 11 is 0. The first-order chi connectivity index (χ1) is 12.1. The third-order valence-corrected chi connectivity index (χ3v) is 3.28. The largest absolute Gasteiger partial charge is 0.504 e. The SMILES string of the molecule is CC.C[C@@H](COc1cccc(-c2ccccc2)c1O)CN(C)C.[B]C. The number of benzene rings is 2. The fourth-order valence-corrected chi connectivity index (χ4v) is 2.40. The van der Waals surface area contributed by atoms with Gasteiger partial charge >= 0.3 is 0 Å². The minimum absolute atomic E-state index is 0.209. The van der Waals surface area contributed by atoms with Gasteiger partial charge in [0.1, 0.15) is 0 Å². The Hall–Kier alpha value is -1.94. The van der Waals surface area contributed by atoms with Crippen LogP contribution in [0.3, 0.4) is 0 Å². The van der Waals surface area contributed by atoms with Crippen molar-refractivity contribution in [2.45, 2.75) is 27.6 Å². The van der Waals surface area contributed by atoms with Crippen LogP contribution in [0.2, 0.25) is 6.82 Å². The fourth-order valence-electron chi connectivity index (χ4n) is 2.40. The summed E-state index contributed by atoms with van der Waals surface area (Å²) in [7, 11) is 8.59. The Labute approximate surface area is 155 Å². The second-order valence-corrected chi connectivity index (χ2v) is 5.70. The van der Waals surface area contributed by atoms with Crippen molar-refractivity contribution >= 4 is 7.85 Å². The molecule has 0 heterocycles. The molecule has 0 bridgehead atoms. The first kappa shape index (κ1) is 23.1. The molecule has 2 aromatic carbocycles. The van der Waals surface area contributed by atoms with Crippen LogP contribution in [0.4, 0.5) is 0 Å². The molecular weight excluding hydrogens is 309 g/mol. The van der Waals surface area contributed by atoms with Gasteiger partial charge in [0, 0.05) is 18.0 Å². The molecule has 0 saturated heterocycles. The molecule has 0 saturated carbocycles. The zero-order valence-corrected chi connectivity index (χ0v) is 16.5. The number of aromatic hydroxyl groups is 1. The lowest BCUT2D eigenvalue weighted by Gasteiger charge is -2.18. The molecule has 25 heavy (non-hydrogen) atoms. The van der Waals surface area contributed by atoms with Crippen LogP contribution in [-0.4, -0.2) is 45.1 Å². The lowest BCUT2D eigenvalue weighted by atomic mass is 10.0. The minimum atomic E-state index is 0.209. The summed E-state index contributed by atoms with van der Waals surface area (Å²) in [4.78, 5) is 2.13. The summed E-state index contributed by atoms with van der Waals surface area (Å²) in [5.74, 6) is 1.16. The van der Waals surface area contributed by atoms with Crippen molar-refractivity contribution < 1.29 is 9.84 Å². The highest BCUT2D eigenvalue weighted by Crippen LogP contribution is 2.36. The lowest BCUT2D eigenvalue weighted by Crippen LogP contribution is -2.24. The molecule has 4 heteroatoms. The van der Waals surface area contributed by atoms with Gasteiger partial charge < -0.3 is 14.7 Å². The number of hydrogen-bond donors (Lipinski definition) is 1. The van der Waals surface area contributed by atoms with Crippen molar-refractivity contribution in [3.05, 3.63) is 48.5 Å². The van der Waals surface area contributed by atoms with Crippen LogP contribution in [0.5, 0.6) is 11.5 Å². The zero-order chi connectivity index (χ0) is 19.2. The summed E-state index contributed by atoms with van der Waals surface area (Å²) < 4.78 is 5.78. The normalized spacial score (nSPS) is 10.8. The van der Waals surface area contributed by atoms with E-state index in [0.29, 0.717) is 18.3 Å². The van der Waals surface area contributed by atoms with Crippen LogP contribution in [-0.2, 0) is 0 Å². The number of para-hydroxylation sites is 1. The maximum atomic E-state index is 10.4. The van der Waals surface area contributed by atoms with E-state index in [2.05, 4.69) is 19.7 Å². The molecule has 0 amide bonds. The Morgan fingerprint density at radius 3 is 2.16 bits per heavy atom. The molecule has 0 aliphatic heterocycles. The van der Waals surface area contributed by atoms with Gasteiger partial charge in [0.2, 0.25) is 0 Å². The Bertz CT molecular complexity index is 573. The van der Waals surface area contributed by atoms with E-state index >= 15 is 0 Å². The third-order valence-electron chi connectivity index (χ3n) is 3.28. The highest BCUT2D eigenvalue weighted by Gasteiger charge is 2.11. The smallest absolute Gasteiger partial charge is 0.165 e. The molecule has 0 aliphatic rings. The van der Waals surface area contributed by atoms with E-state index in [1.807, 2.05) is 76.5 Å². The van der Waals surface area contributed by atoms with Crippen molar-refractivity contribution in [1.82, 2.24) is 4.90 Å². The Kier molecular flexibility index (Phi) is 12.3. The number of ether oxygens (including phenoxy) is 1. The first-order valence-electron chi connectivity index (χ1n) is 8.80. The highest BCUT2D eigenvalue weighted by atomic mass is 16.5. The van der Waals surface area contributed by atoms with Gasteiger partial charge in [-0.15, -0.1) is 0 Å². The molecule has 136 valence electrons. The first-order valence-corrected chi connectivity index (χ1v) is 8.80. The molecule has 1 atom stereocenters. The maximum Gasteiger partial charge on any atom is 0.165 e. The molecule has 0 fully saturated rings. The van der Waals surface area contributed by atoms with E-state index in [4.69, 9.17) is 4.74 Å². The van der Waals surface area contributed by atoms with Gasteiger partial charge in [0.05, 0.1) is 14.5 Å². The van der Waals surface area contributed by atoms with E-state index in [-0.39, 0.29) is 5.75 Å². The molecule has 0 aromatic heterocycles. The lowest BCUT2D eigenvalue weighted by molar-refractivity contribution is 0.216. The summed E-state index contributed by atoms with van der Waals surface area (Å²) in [5, 5.41) is 10.4. The van der Waals surface area contributed by atoms with E-state index in [1.54, 1.807) is 0 Å². The average Bonchev–Trinajstić information content (AvgIpc) is 2.64.